The molecule has 6 heteroatoms. The van der Waals surface area contributed by atoms with E-state index in [0.717, 1.165) is 17.0 Å². The maximum atomic E-state index is 11.9. The highest BCUT2D eigenvalue weighted by Gasteiger charge is 2.22. The van der Waals surface area contributed by atoms with Crippen LogP contribution in [-0.4, -0.2) is 22.6 Å². The average molecular weight is 339 g/mol. The van der Waals surface area contributed by atoms with Crippen LogP contribution in [0.25, 0.3) is 5.69 Å². The van der Waals surface area contributed by atoms with E-state index in [1.165, 1.54) is 11.8 Å². The predicted octanol–water partition coefficient (Wildman–Crippen LogP) is 3.20. The van der Waals surface area contributed by atoms with Crippen molar-refractivity contribution < 1.29 is 9.53 Å². The quantitative estimate of drug-likeness (QED) is 0.700. The van der Waals surface area contributed by atoms with E-state index in [2.05, 4.69) is 4.98 Å². The summed E-state index contributed by atoms with van der Waals surface area (Å²) in [6, 6.07) is 17.1. The van der Waals surface area contributed by atoms with E-state index in [1.807, 2.05) is 65.4 Å². The summed E-state index contributed by atoms with van der Waals surface area (Å²) >= 11 is 1.33. The number of amides is 1. The number of ether oxygens (including phenoxy) is 1. The van der Waals surface area contributed by atoms with Gasteiger partial charge in [0.25, 0.3) is 0 Å². The molecule has 0 saturated heterocycles. The molecule has 0 radical (unpaired) electrons. The zero-order valence-corrected chi connectivity index (χ0v) is 13.9. The van der Waals surface area contributed by atoms with Crippen LogP contribution in [-0.2, 0) is 4.79 Å². The van der Waals surface area contributed by atoms with Gasteiger partial charge < -0.3 is 10.5 Å². The van der Waals surface area contributed by atoms with E-state index in [4.69, 9.17) is 10.5 Å². The van der Waals surface area contributed by atoms with Gasteiger partial charge in [-0.3, -0.25) is 9.36 Å². The second-order valence-electron chi connectivity index (χ2n) is 5.09. The monoisotopic (exact) mass is 339 g/mol. The Morgan fingerprint density at radius 2 is 2.00 bits per heavy atom. The zero-order chi connectivity index (χ0) is 16.9. The van der Waals surface area contributed by atoms with Crippen molar-refractivity contribution in [3.63, 3.8) is 0 Å². The number of hydrogen-bond acceptors (Lipinski definition) is 4. The van der Waals surface area contributed by atoms with Crippen LogP contribution in [0.3, 0.4) is 0 Å². The maximum absolute atomic E-state index is 11.9. The summed E-state index contributed by atoms with van der Waals surface area (Å²) in [5.74, 6) is 0.359. The molecule has 0 aliphatic rings. The van der Waals surface area contributed by atoms with Crippen LogP contribution < -0.4 is 10.5 Å². The van der Waals surface area contributed by atoms with Gasteiger partial charge in [-0.25, -0.2) is 4.98 Å². The van der Waals surface area contributed by atoms with Crippen molar-refractivity contribution in [2.24, 2.45) is 5.73 Å². The van der Waals surface area contributed by atoms with E-state index in [-0.39, 0.29) is 0 Å². The number of rotatable bonds is 6. The Hall–Kier alpha value is -2.73. The molecule has 1 atom stereocenters. The first-order valence-corrected chi connectivity index (χ1v) is 8.25. The fourth-order valence-corrected chi connectivity index (χ4v) is 3.38. The number of carbonyl (C=O) groups excluding carboxylic acids is 1. The zero-order valence-electron chi connectivity index (χ0n) is 13.1. The SMILES string of the molecule is COc1cccc(-n2ccnc2SC(C(N)=O)c2ccccc2)c1. The number of nitrogens with two attached hydrogens (primary N) is 1. The largest absolute Gasteiger partial charge is 0.497 e. The molecule has 0 saturated carbocycles. The van der Waals surface area contributed by atoms with Crippen LogP contribution in [0.2, 0.25) is 0 Å². The Bertz CT molecular complexity index is 833. The van der Waals surface area contributed by atoms with Crippen molar-refractivity contribution in [3.05, 3.63) is 72.6 Å². The van der Waals surface area contributed by atoms with Gasteiger partial charge >= 0.3 is 0 Å². The number of methoxy groups -OCH3 is 1. The number of thioether (sulfide) groups is 1. The summed E-state index contributed by atoms with van der Waals surface area (Å²) in [4.78, 5) is 16.3. The first-order valence-electron chi connectivity index (χ1n) is 7.37. The molecule has 1 aromatic heterocycles. The van der Waals surface area contributed by atoms with Gasteiger partial charge in [0.15, 0.2) is 5.16 Å². The Labute approximate surface area is 144 Å². The molecule has 3 aromatic rings. The van der Waals surface area contributed by atoms with E-state index < -0.39 is 11.2 Å². The third kappa shape index (κ3) is 3.44. The van der Waals surface area contributed by atoms with E-state index in [1.54, 1.807) is 13.3 Å². The molecular weight excluding hydrogens is 322 g/mol. The number of primary amides is 1. The Balaban J connectivity index is 1.93. The standard InChI is InChI=1S/C18H17N3O2S/c1-23-15-9-5-8-14(12-15)21-11-10-20-18(21)24-16(17(19)22)13-6-3-2-4-7-13/h2-12,16H,1H3,(H2,19,22). The molecule has 1 amide bonds. The topological polar surface area (TPSA) is 70.1 Å². The first kappa shape index (κ1) is 16.1. The summed E-state index contributed by atoms with van der Waals surface area (Å²) in [5.41, 5.74) is 7.37. The predicted molar refractivity (Wildman–Crippen MR) is 94.4 cm³/mol. The van der Waals surface area contributed by atoms with Gasteiger partial charge in [-0.15, -0.1) is 0 Å². The van der Waals surface area contributed by atoms with Crippen molar-refractivity contribution in [2.75, 3.05) is 7.11 Å². The van der Waals surface area contributed by atoms with Gasteiger partial charge in [-0.1, -0.05) is 48.2 Å². The summed E-state index contributed by atoms with van der Waals surface area (Å²) in [5, 5.41) is 0.189. The number of aromatic nitrogens is 2. The lowest BCUT2D eigenvalue weighted by Gasteiger charge is -2.14. The summed E-state index contributed by atoms with van der Waals surface area (Å²) in [6.45, 7) is 0. The third-order valence-corrected chi connectivity index (χ3v) is 4.78. The first-order chi connectivity index (χ1) is 11.7. The summed E-state index contributed by atoms with van der Waals surface area (Å²) < 4.78 is 7.18. The number of nitrogens with zero attached hydrogens (tertiary/aromatic N) is 2. The number of carbonyl (C=O) groups is 1. The van der Waals surface area contributed by atoms with Crippen molar-refractivity contribution >= 4 is 17.7 Å². The lowest BCUT2D eigenvalue weighted by Crippen LogP contribution is -2.19. The molecule has 0 aliphatic heterocycles. The highest BCUT2D eigenvalue weighted by Crippen LogP contribution is 2.35. The molecule has 1 unspecified atom stereocenters. The number of hydrogen-bond donors (Lipinski definition) is 1. The van der Waals surface area contributed by atoms with Crippen molar-refractivity contribution in [2.45, 2.75) is 10.4 Å². The lowest BCUT2D eigenvalue weighted by atomic mass is 10.1. The average Bonchev–Trinajstić information content (AvgIpc) is 3.08. The maximum Gasteiger partial charge on any atom is 0.235 e. The van der Waals surface area contributed by atoms with Crippen molar-refractivity contribution in [1.29, 1.82) is 0 Å². The second-order valence-corrected chi connectivity index (χ2v) is 6.16. The summed E-state index contributed by atoms with van der Waals surface area (Å²) in [7, 11) is 1.63. The molecule has 0 spiro atoms. The highest BCUT2D eigenvalue weighted by molar-refractivity contribution is 8.00. The molecule has 5 nitrogen and oxygen atoms in total. The van der Waals surface area contributed by atoms with E-state index in [0.29, 0.717) is 5.16 Å². The smallest absolute Gasteiger partial charge is 0.235 e. The van der Waals surface area contributed by atoms with Gasteiger partial charge in [-0.2, -0.15) is 0 Å². The minimum Gasteiger partial charge on any atom is -0.497 e. The second kappa shape index (κ2) is 7.23. The Morgan fingerprint density at radius 1 is 1.21 bits per heavy atom. The van der Waals surface area contributed by atoms with Gasteiger partial charge in [-0.05, 0) is 17.7 Å². The van der Waals surface area contributed by atoms with Crippen LogP contribution in [0.1, 0.15) is 10.8 Å². The Morgan fingerprint density at radius 3 is 2.71 bits per heavy atom. The van der Waals surface area contributed by atoms with Gasteiger partial charge in [0.05, 0.1) is 12.8 Å². The van der Waals surface area contributed by atoms with E-state index in [9.17, 15) is 4.79 Å². The molecule has 1 heterocycles. The number of imidazole rings is 1. The van der Waals surface area contributed by atoms with Crippen molar-refractivity contribution in [3.8, 4) is 11.4 Å². The normalized spacial score (nSPS) is 11.9. The fraction of sp³-hybridized carbons (Fsp3) is 0.111. The molecule has 122 valence electrons. The minimum atomic E-state index is -0.502. The number of benzene rings is 2. The summed E-state index contributed by atoms with van der Waals surface area (Å²) in [6.07, 6.45) is 3.55. The molecule has 0 aliphatic carbocycles. The Kier molecular flexibility index (Phi) is 4.86. The van der Waals surface area contributed by atoms with Crippen molar-refractivity contribution in [1.82, 2.24) is 9.55 Å². The molecule has 2 N–H and O–H groups in total. The molecular formula is C18H17N3O2S. The third-order valence-electron chi connectivity index (χ3n) is 3.52. The van der Waals surface area contributed by atoms with E-state index >= 15 is 0 Å². The fourth-order valence-electron chi connectivity index (χ4n) is 2.36. The van der Waals surface area contributed by atoms with Crippen LogP contribution in [0.5, 0.6) is 5.75 Å². The highest BCUT2D eigenvalue weighted by atomic mass is 32.2. The van der Waals surface area contributed by atoms with Crippen LogP contribution in [0, 0.1) is 0 Å². The van der Waals surface area contributed by atoms with Crippen LogP contribution in [0.4, 0.5) is 0 Å². The minimum absolute atomic E-state index is 0.397. The van der Waals surface area contributed by atoms with Gasteiger partial charge in [0, 0.05) is 18.5 Å². The molecule has 3 rings (SSSR count). The van der Waals surface area contributed by atoms with Gasteiger partial charge in [0.1, 0.15) is 11.0 Å². The van der Waals surface area contributed by atoms with Crippen LogP contribution >= 0.6 is 11.8 Å². The van der Waals surface area contributed by atoms with Gasteiger partial charge in [0.2, 0.25) is 5.91 Å². The molecule has 0 fully saturated rings. The molecule has 0 bridgehead atoms. The lowest BCUT2D eigenvalue weighted by molar-refractivity contribution is -0.117. The molecule has 2 aromatic carbocycles. The molecule has 24 heavy (non-hydrogen) atoms. The van der Waals surface area contributed by atoms with Crippen LogP contribution in [0.15, 0.2) is 72.1 Å².